The lowest BCUT2D eigenvalue weighted by molar-refractivity contribution is 0.553. The van der Waals surface area contributed by atoms with E-state index >= 15 is 0 Å². The molecule has 0 aliphatic heterocycles. The molecule has 17 heavy (non-hydrogen) atoms. The standard InChI is InChI=1S/C11H13BrN4S/c1-7-14-6-11(17-7)10(16-13)4-9-3-2-8(12)5-15-9/h2-3,5-6,10,16H,4,13H2,1H3. The topological polar surface area (TPSA) is 63.8 Å². The molecule has 0 fully saturated rings. The molecule has 0 aromatic carbocycles. The Morgan fingerprint density at radius 2 is 2.24 bits per heavy atom. The summed E-state index contributed by atoms with van der Waals surface area (Å²) in [6.45, 7) is 1.99. The van der Waals surface area contributed by atoms with Gasteiger partial charge in [-0.3, -0.25) is 16.3 Å². The van der Waals surface area contributed by atoms with E-state index in [1.165, 1.54) is 0 Å². The van der Waals surface area contributed by atoms with Crippen molar-refractivity contribution in [3.8, 4) is 0 Å². The number of nitrogens with one attached hydrogen (secondary N) is 1. The smallest absolute Gasteiger partial charge is 0.0897 e. The highest BCUT2D eigenvalue weighted by Gasteiger charge is 2.13. The summed E-state index contributed by atoms with van der Waals surface area (Å²) < 4.78 is 0.979. The molecule has 90 valence electrons. The first kappa shape index (κ1) is 12.6. The molecule has 6 heteroatoms. The highest BCUT2D eigenvalue weighted by atomic mass is 79.9. The maximum atomic E-state index is 5.58. The van der Waals surface area contributed by atoms with Crippen molar-refractivity contribution in [3.05, 3.63) is 44.6 Å². The molecule has 0 saturated carbocycles. The van der Waals surface area contributed by atoms with Crippen LogP contribution in [0.5, 0.6) is 0 Å². The van der Waals surface area contributed by atoms with Crippen molar-refractivity contribution in [3.63, 3.8) is 0 Å². The van der Waals surface area contributed by atoms with E-state index in [0.717, 1.165) is 26.5 Å². The van der Waals surface area contributed by atoms with E-state index < -0.39 is 0 Å². The van der Waals surface area contributed by atoms with Gasteiger partial charge >= 0.3 is 0 Å². The average molecular weight is 313 g/mol. The summed E-state index contributed by atoms with van der Waals surface area (Å²) in [6.07, 6.45) is 4.41. The minimum atomic E-state index is 0.0647. The van der Waals surface area contributed by atoms with Crippen LogP contribution >= 0.6 is 27.3 Å². The predicted octanol–water partition coefficient (Wildman–Crippen LogP) is 2.36. The molecule has 0 spiro atoms. The van der Waals surface area contributed by atoms with Crippen molar-refractivity contribution in [2.24, 2.45) is 5.84 Å². The molecule has 0 aliphatic carbocycles. The lowest BCUT2D eigenvalue weighted by Crippen LogP contribution is -2.29. The summed E-state index contributed by atoms with van der Waals surface area (Å²) in [5.41, 5.74) is 3.82. The van der Waals surface area contributed by atoms with Crippen LogP contribution in [-0.4, -0.2) is 9.97 Å². The molecule has 2 aromatic rings. The molecule has 2 aromatic heterocycles. The number of thiazole rings is 1. The Morgan fingerprint density at radius 3 is 2.76 bits per heavy atom. The molecule has 4 nitrogen and oxygen atoms in total. The number of pyridine rings is 1. The first-order valence-electron chi connectivity index (χ1n) is 5.18. The predicted molar refractivity (Wildman–Crippen MR) is 72.6 cm³/mol. The van der Waals surface area contributed by atoms with Crippen molar-refractivity contribution in [1.29, 1.82) is 0 Å². The van der Waals surface area contributed by atoms with E-state index in [0.29, 0.717) is 0 Å². The van der Waals surface area contributed by atoms with Gasteiger partial charge in [-0.1, -0.05) is 0 Å². The number of nitrogens with two attached hydrogens (primary N) is 1. The highest BCUT2D eigenvalue weighted by molar-refractivity contribution is 9.10. The van der Waals surface area contributed by atoms with Crippen LogP contribution in [-0.2, 0) is 6.42 Å². The Bertz CT molecular complexity index is 482. The summed E-state index contributed by atoms with van der Waals surface area (Å²) in [6, 6.07) is 4.03. The van der Waals surface area contributed by atoms with Gasteiger partial charge in [0.05, 0.1) is 11.0 Å². The maximum Gasteiger partial charge on any atom is 0.0897 e. The molecule has 0 aliphatic rings. The van der Waals surface area contributed by atoms with Crippen LogP contribution in [0, 0.1) is 6.92 Å². The second-order valence-electron chi connectivity index (χ2n) is 3.67. The fraction of sp³-hybridized carbons (Fsp3) is 0.273. The minimum Gasteiger partial charge on any atom is -0.271 e. The monoisotopic (exact) mass is 312 g/mol. The zero-order chi connectivity index (χ0) is 12.3. The van der Waals surface area contributed by atoms with Crippen molar-refractivity contribution < 1.29 is 0 Å². The summed E-state index contributed by atoms with van der Waals surface area (Å²) in [5.74, 6) is 5.58. The van der Waals surface area contributed by atoms with Gasteiger partial charge in [0.15, 0.2) is 0 Å². The Morgan fingerprint density at radius 1 is 1.41 bits per heavy atom. The minimum absolute atomic E-state index is 0.0647. The Kier molecular flexibility index (Phi) is 4.22. The molecule has 1 atom stereocenters. The third-order valence-electron chi connectivity index (χ3n) is 2.39. The van der Waals surface area contributed by atoms with Crippen LogP contribution in [0.4, 0.5) is 0 Å². The van der Waals surface area contributed by atoms with Crippen molar-refractivity contribution in [1.82, 2.24) is 15.4 Å². The van der Waals surface area contributed by atoms with E-state index in [1.54, 1.807) is 17.5 Å². The molecule has 0 saturated heterocycles. The van der Waals surface area contributed by atoms with Crippen molar-refractivity contribution in [2.75, 3.05) is 0 Å². The normalized spacial score (nSPS) is 12.6. The van der Waals surface area contributed by atoms with Gasteiger partial charge in [-0.2, -0.15) is 0 Å². The van der Waals surface area contributed by atoms with E-state index in [2.05, 4.69) is 31.3 Å². The molecule has 2 heterocycles. The van der Waals surface area contributed by atoms with Crippen LogP contribution in [0.3, 0.4) is 0 Å². The van der Waals surface area contributed by atoms with Crippen molar-refractivity contribution >= 4 is 27.3 Å². The second-order valence-corrected chi connectivity index (χ2v) is 5.85. The Labute approximate surface area is 112 Å². The quantitative estimate of drug-likeness (QED) is 0.672. The van der Waals surface area contributed by atoms with Crippen molar-refractivity contribution in [2.45, 2.75) is 19.4 Å². The van der Waals surface area contributed by atoms with Crippen LogP contribution < -0.4 is 11.3 Å². The first-order valence-corrected chi connectivity index (χ1v) is 6.79. The molecule has 1 unspecified atom stereocenters. The highest BCUT2D eigenvalue weighted by Crippen LogP contribution is 2.23. The lowest BCUT2D eigenvalue weighted by Gasteiger charge is -2.12. The Hall–Kier alpha value is -0.820. The van der Waals surface area contributed by atoms with E-state index in [1.807, 2.05) is 25.3 Å². The molecule has 2 rings (SSSR count). The van der Waals surface area contributed by atoms with E-state index in [9.17, 15) is 0 Å². The number of halogens is 1. The van der Waals surface area contributed by atoms with Crippen LogP contribution in [0.25, 0.3) is 0 Å². The summed E-state index contributed by atoms with van der Waals surface area (Å²) in [4.78, 5) is 9.71. The number of aryl methyl sites for hydroxylation is 1. The van der Waals surface area contributed by atoms with E-state index in [4.69, 9.17) is 5.84 Å². The second kappa shape index (κ2) is 5.68. The van der Waals surface area contributed by atoms with Gasteiger partial charge in [0.1, 0.15) is 0 Å². The number of nitrogens with zero attached hydrogens (tertiary/aromatic N) is 2. The number of aromatic nitrogens is 2. The number of rotatable bonds is 4. The fourth-order valence-corrected chi connectivity index (χ4v) is 2.60. The molecular formula is C11H13BrN4S. The molecule has 3 N–H and O–H groups in total. The van der Waals surface area contributed by atoms with Gasteiger partial charge in [0, 0.05) is 33.9 Å². The SMILES string of the molecule is Cc1ncc(C(Cc2ccc(Br)cn2)NN)s1. The van der Waals surface area contributed by atoms with Gasteiger partial charge in [-0.15, -0.1) is 11.3 Å². The number of hydrazine groups is 1. The zero-order valence-corrected chi connectivity index (χ0v) is 11.8. The number of hydrogen-bond donors (Lipinski definition) is 2. The Balaban J connectivity index is 2.12. The lowest BCUT2D eigenvalue weighted by atomic mass is 10.1. The first-order chi connectivity index (χ1) is 8.19. The molecule has 0 bridgehead atoms. The zero-order valence-electron chi connectivity index (χ0n) is 9.35. The van der Waals surface area contributed by atoms with Gasteiger partial charge in [-0.25, -0.2) is 4.98 Å². The van der Waals surface area contributed by atoms with Crippen LogP contribution in [0.1, 0.15) is 21.6 Å². The molecular weight excluding hydrogens is 300 g/mol. The average Bonchev–Trinajstić information content (AvgIpc) is 2.75. The summed E-state index contributed by atoms with van der Waals surface area (Å²) in [7, 11) is 0. The number of hydrogen-bond acceptors (Lipinski definition) is 5. The van der Waals surface area contributed by atoms with Gasteiger partial charge in [0.2, 0.25) is 0 Å². The molecule has 0 radical (unpaired) electrons. The van der Waals surface area contributed by atoms with Gasteiger partial charge < -0.3 is 0 Å². The summed E-state index contributed by atoms with van der Waals surface area (Å²) >= 11 is 5.02. The maximum absolute atomic E-state index is 5.58. The van der Waals surface area contributed by atoms with Gasteiger partial charge in [-0.05, 0) is 35.0 Å². The van der Waals surface area contributed by atoms with E-state index in [-0.39, 0.29) is 6.04 Å². The van der Waals surface area contributed by atoms with Crippen LogP contribution in [0.15, 0.2) is 29.0 Å². The van der Waals surface area contributed by atoms with Gasteiger partial charge in [0.25, 0.3) is 0 Å². The molecule has 0 amide bonds. The summed E-state index contributed by atoms with van der Waals surface area (Å²) in [5, 5.41) is 1.05. The largest absolute Gasteiger partial charge is 0.271 e. The third-order valence-corrected chi connectivity index (χ3v) is 3.88. The van der Waals surface area contributed by atoms with Crippen LogP contribution in [0.2, 0.25) is 0 Å². The third kappa shape index (κ3) is 3.32. The fourth-order valence-electron chi connectivity index (χ4n) is 1.52.